The molecular weight excluding hydrogens is 278 g/mol. The Morgan fingerprint density at radius 3 is 2.93 bits per heavy atom. The second-order valence-electron chi connectivity index (χ2n) is 2.87. The Morgan fingerprint density at radius 2 is 2.33 bits per heavy atom. The topological polar surface area (TPSA) is 42.2 Å². The normalized spacial score (nSPS) is 10.2. The average molecular weight is 286 g/mol. The SMILES string of the molecule is O=C(NCc1ccc(Br)s1)c1ccco1. The predicted molar refractivity (Wildman–Crippen MR) is 61.9 cm³/mol. The van der Waals surface area contributed by atoms with Crippen LogP contribution in [0.15, 0.2) is 38.7 Å². The van der Waals surface area contributed by atoms with E-state index in [4.69, 9.17) is 4.42 Å². The van der Waals surface area contributed by atoms with Gasteiger partial charge in [-0.15, -0.1) is 11.3 Å². The second-order valence-corrected chi connectivity index (χ2v) is 5.41. The molecule has 0 fully saturated rings. The highest BCUT2D eigenvalue weighted by Gasteiger charge is 2.07. The largest absolute Gasteiger partial charge is 0.459 e. The Hall–Kier alpha value is -1.07. The molecule has 0 atom stereocenters. The summed E-state index contributed by atoms with van der Waals surface area (Å²) in [6.45, 7) is 0.524. The van der Waals surface area contributed by atoms with Gasteiger partial charge >= 0.3 is 0 Å². The van der Waals surface area contributed by atoms with Gasteiger partial charge in [-0.2, -0.15) is 0 Å². The Bertz CT molecular complexity index is 450. The average Bonchev–Trinajstić information content (AvgIpc) is 2.84. The summed E-state index contributed by atoms with van der Waals surface area (Å²) >= 11 is 4.96. The maximum Gasteiger partial charge on any atom is 0.287 e. The molecule has 1 amide bonds. The molecule has 0 aromatic carbocycles. The molecule has 0 aliphatic heterocycles. The monoisotopic (exact) mass is 285 g/mol. The molecule has 0 spiro atoms. The number of amides is 1. The molecule has 2 heterocycles. The molecule has 0 radical (unpaired) electrons. The molecule has 0 unspecified atom stereocenters. The van der Waals surface area contributed by atoms with E-state index in [-0.39, 0.29) is 5.91 Å². The summed E-state index contributed by atoms with van der Waals surface area (Å²) < 4.78 is 6.03. The first-order valence-corrected chi connectivity index (χ1v) is 5.92. The van der Waals surface area contributed by atoms with Crippen molar-refractivity contribution in [2.45, 2.75) is 6.54 Å². The van der Waals surface area contributed by atoms with Crippen molar-refractivity contribution in [3.63, 3.8) is 0 Å². The summed E-state index contributed by atoms with van der Waals surface area (Å²) in [5.41, 5.74) is 0. The minimum atomic E-state index is -0.190. The third kappa shape index (κ3) is 2.70. The van der Waals surface area contributed by atoms with Crippen LogP contribution in [0.25, 0.3) is 0 Å². The zero-order valence-corrected chi connectivity index (χ0v) is 10.1. The summed E-state index contributed by atoms with van der Waals surface area (Å²) in [6, 6.07) is 7.26. The number of nitrogens with one attached hydrogen (secondary N) is 1. The lowest BCUT2D eigenvalue weighted by Gasteiger charge is -1.99. The van der Waals surface area contributed by atoms with E-state index in [9.17, 15) is 4.79 Å². The van der Waals surface area contributed by atoms with E-state index in [1.54, 1.807) is 23.5 Å². The van der Waals surface area contributed by atoms with Gasteiger partial charge in [-0.3, -0.25) is 4.79 Å². The highest BCUT2D eigenvalue weighted by Crippen LogP contribution is 2.21. The van der Waals surface area contributed by atoms with Crippen LogP contribution < -0.4 is 5.32 Å². The molecule has 2 rings (SSSR count). The highest BCUT2D eigenvalue weighted by atomic mass is 79.9. The fourth-order valence-electron chi connectivity index (χ4n) is 1.11. The number of hydrogen-bond donors (Lipinski definition) is 1. The summed E-state index contributed by atoms with van der Waals surface area (Å²) in [6.07, 6.45) is 1.48. The summed E-state index contributed by atoms with van der Waals surface area (Å²) in [5, 5.41) is 2.77. The quantitative estimate of drug-likeness (QED) is 0.942. The van der Waals surface area contributed by atoms with Crippen molar-refractivity contribution in [3.05, 3.63) is 45.0 Å². The molecule has 5 heteroatoms. The fraction of sp³-hybridized carbons (Fsp3) is 0.100. The standard InChI is InChI=1S/C10H8BrNO2S/c11-9-4-3-7(15-9)6-12-10(13)8-2-1-5-14-8/h1-5H,6H2,(H,12,13). The first-order chi connectivity index (χ1) is 7.25. The first-order valence-electron chi connectivity index (χ1n) is 4.31. The highest BCUT2D eigenvalue weighted by molar-refractivity contribution is 9.11. The van der Waals surface area contributed by atoms with Gasteiger partial charge < -0.3 is 9.73 Å². The number of furan rings is 1. The lowest BCUT2D eigenvalue weighted by Crippen LogP contribution is -2.21. The number of halogens is 1. The zero-order valence-electron chi connectivity index (χ0n) is 7.70. The molecular formula is C10H8BrNO2S. The van der Waals surface area contributed by atoms with Crippen LogP contribution in [-0.2, 0) is 6.54 Å². The van der Waals surface area contributed by atoms with E-state index in [2.05, 4.69) is 21.2 Å². The van der Waals surface area contributed by atoms with Crippen molar-refractivity contribution >= 4 is 33.2 Å². The number of carbonyl (C=O) groups is 1. The molecule has 0 aliphatic carbocycles. The molecule has 0 saturated carbocycles. The molecule has 0 aliphatic rings. The predicted octanol–water partition coefficient (Wildman–Crippen LogP) is 3.03. The Kier molecular flexibility index (Phi) is 3.23. The lowest BCUT2D eigenvalue weighted by molar-refractivity contribution is 0.0923. The zero-order chi connectivity index (χ0) is 10.7. The number of rotatable bonds is 3. The van der Waals surface area contributed by atoms with Gasteiger partial charge in [0.15, 0.2) is 5.76 Å². The van der Waals surface area contributed by atoms with Gasteiger partial charge in [0.05, 0.1) is 16.6 Å². The van der Waals surface area contributed by atoms with Crippen molar-refractivity contribution in [3.8, 4) is 0 Å². The number of carbonyl (C=O) groups excluding carboxylic acids is 1. The van der Waals surface area contributed by atoms with E-state index in [0.717, 1.165) is 8.66 Å². The minimum Gasteiger partial charge on any atom is -0.459 e. The molecule has 1 N–H and O–H groups in total. The Labute approximate surface area is 99.2 Å². The summed E-state index contributed by atoms with van der Waals surface area (Å²) in [4.78, 5) is 12.6. The van der Waals surface area contributed by atoms with Gasteiger partial charge in [0, 0.05) is 4.88 Å². The lowest BCUT2D eigenvalue weighted by atomic mass is 10.4. The van der Waals surface area contributed by atoms with Gasteiger partial charge in [-0.25, -0.2) is 0 Å². The van der Waals surface area contributed by atoms with E-state index >= 15 is 0 Å². The second kappa shape index (κ2) is 4.63. The Balaban J connectivity index is 1.91. The van der Waals surface area contributed by atoms with Crippen LogP contribution in [-0.4, -0.2) is 5.91 Å². The van der Waals surface area contributed by atoms with Crippen molar-refractivity contribution < 1.29 is 9.21 Å². The number of thiophene rings is 1. The maximum absolute atomic E-state index is 11.5. The summed E-state index contributed by atoms with van der Waals surface area (Å²) in [7, 11) is 0. The fourth-order valence-corrected chi connectivity index (χ4v) is 2.53. The number of hydrogen-bond acceptors (Lipinski definition) is 3. The van der Waals surface area contributed by atoms with E-state index in [1.165, 1.54) is 6.26 Å². The van der Waals surface area contributed by atoms with Gasteiger partial charge in [0.1, 0.15) is 0 Å². The van der Waals surface area contributed by atoms with E-state index in [1.807, 2.05) is 12.1 Å². The minimum absolute atomic E-state index is 0.190. The molecule has 0 bridgehead atoms. The van der Waals surface area contributed by atoms with Crippen LogP contribution in [0.5, 0.6) is 0 Å². The van der Waals surface area contributed by atoms with Gasteiger partial charge in [-0.1, -0.05) is 0 Å². The molecule has 2 aromatic heterocycles. The first kappa shape index (κ1) is 10.4. The van der Waals surface area contributed by atoms with Crippen molar-refractivity contribution in [1.82, 2.24) is 5.32 Å². The Morgan fingerprint density at radius 1 is 1.47 bits per heavy atom. The van der Waals surface area contributed by atoms with E-state index in [0.29, 0.717) is 12.3 Å². The van der Waals surface area contributed by atoms with Crippen molar-refractivity contribution in [1.29, 1.82) is 0 Å². The molecule has 3 nitrogen and oxygen atoms in total. The van der Waals surface area contributed by atoms with Crippen LogP contribution in [0.4, 0.5) is 0 Å². The molecule has 78 valence electrons. The summed E-state index contributed by atoms with van der Waals surface area (Å²) in [5.74, 6) is 0.148. The maximum atomic E-state index is 11.5. The van der Waals surface area contributed by atoms with Gasteiger partial charge in [0.25, 0.3) is 5.91 Å². The van der Waals surface area contributed by atoms with Gasteiger partial charge in [0.2, 0.25) is 0 Å². The van der Waals surface area contributed by atoms with Crippen LogP contribution in [0.2, 0.25) is 0 Å². The smallest absolute Gasteiger partial charge is 0.287 e. The van der Waals surface area contributed by atoms with E-state index < -0.39 is 0 Å². The van der Waals surface area contributed by atoms with Crippen LogP contribution in [0.3, 0.4) is 0 Å². The van der Waals surface area contributed by atoms with Crippen LogP contribution >= 0.6 is 27.3 Å². The van der Waals surface area contributed by atoms with Crippen LogP contribution in [0, 0.1) is 0 Å². The van der Waals surface area contributed by atoms with Gasteiger partial charge in [-0.05, 0) is 40.2 Å². The third-order valence-electron chi connectivity index (χ3n) is 1.80. The molecule has 2 aromatic rings. The van der Waals surface area contributed by atoms with Crippen molar-refractivity contribution in [2.24, 2.45) is 0 Å². The van der Waals surface area contributed by atoms with Crippen LogP contribution in [0.1, 0.15) is 15.4 Å². The van der Waals surface area contributed by atoms with Crippen molar-refractivity contribution in [2.75, 3.05) is 0 Å². The third-order valence-corrected chi connectivity index (χ3v) is 3.42. The molecule has 15 heavy (non-hydrogen) atoms. The molecule has 0 saturated heterocycles.